The zero-order valence-corrected chi connectivity index (χ0v) is 25.8. The maximum atomic E-state index is 5.35. The van der Waals surface area contributed by atoms with Crippen LogP contribution in [0.1, 0.15) is 0 Å². The highest BCUT2D eigenvalue weighted by Crippen LogP contribution is 2.40. The van der Waals surface area contributed by atoms with Crippen LogP contribution < -0.4 is 0 Å². The van der Waals surface area contributed by atoms with Crippen molar-refractivity contribution in [1.82, 2.24) is 24.1 Å². The number of hydrogen-bond acceptors (Lipinski definition) is 3. The normalized spacial score (nSPS) is 11.8. The fourth-order valence-electron chi connectivity index (χ4n) is 7.23. The van der Waals surface area contributed by atoms with E-state index in [9.17, 15) is 0 Å². The van der Waals surface area contributed by atoms with Crippen LogP contribution in [0.5, 0.6) is 0 Å². The van der Waals surface area contributed by atoms with Crippen molar-refractivity contribution in [1.29, 1.82) is 0 Å². The van der Waals surface area contributed by atoms with Gasteiger partial charge in [0.2, 0.25) is 5.95 Å². The average Bonchev–Trinajstić information content (AvgIpc) is 3.72. The molecule has 10 aromatic rings. The number of para-hydroxylation sites is 3. The molecule has 7 aromatic carbocycles. The molecule has 5 nitrogen and oxygen atoms in total. The summed E-state index contributed by atoms with van der Waals surface area (Å²) >= 11 is 0. The highest BCUT2D eigenvalue weighted by molar-refractivity contribution is 6.25. The topological polar surface area (TPSA) is 48.5 Å². The standard InChI is InChI=1S/C43H27N5/c1-4-14-28(15-5-1)40-33-20-10-12-22-35(33)44-43(46-40)48-36-23-13-11-21-34(36)39-31-24-27-38-41(32(31)25-26-37(39)48)45-42(29-16-6-2-7-17-29)47(38)30-18-8-3-9-19-30/h1-27H. The molecule has 10 rings (SSSR count). The van der Waals surface area contributed by atoms with E-state index in [1.54, 1.807) is 0 Å². The summed E-state index contributed by atoms with van der Waals surface area (Å²) in [6.07, 6.45) is 0. The van der Waals surface area contributed by atoms with E-state index in [-0.39, 0.29) is 0 Å². The zero-order chi connectivity index (χ0) is 31.6. The highest BCUT2D eigenvalue weighted by atomic mass is 15.2. The van der Waals surface area contributed by atoms with Crippen LogP contribution in [0, 0.1) is 0 Å². The lowest BCUT2D eigenvalue weighted by atomic mass is 10.0. The Bertz CT molecular complexity index is 2820. The molecule has 3 aromatic heterocycles. The predicted molar refractivity (Wildman–Crippen MR) is 197 cm³/mol. The third-order valence-corrected chi connectivity index (χ3v) is 9.34. The van der Waals surface area contributed by atoms with E-state index in [0.29, 0.717) is 5.95 Å². The van der Waals surface area contributed by atoms with Crippen LogP contribution in [-0.4, -0.2) is 24.1 Å². The third kappa shape index (κ3) is 3.94. The smallest absolute Gasteiger partial charge is 0.235 e. The summed E-state index contributed by atoms with van der Waals surface area (Å²) in [6.45, 7) is 0. The van der Waals surface area contributed by atoms with Crippen molar-refractivity contribution in [2.24, 2.45) is 0 Å². The van der Waals surface area contributed by atoms with Gasteiger partial charge in [0.15, 0.2) is 0 Å². The Morgan fingerprint density at radius 2 is 1.00 bits per heavy atom. The Balaban J connectivity index is 1.29. The molecule has 0 saturated heterocycles. The Morgan fingerprint density at radius 1 is 0.375 bits per heavy atom. The van der Waals surface area contributed by atoms with Crippen molar-refractivity contribution in [2.75, 3.05) is 0 Å². The minimum Gasteiger partial charge on any atom is -0.292 e. The zero-order valence-electron chi connectivity index (χ0n) is 25.8. The molecule has 3 heterocycles. The highest BCUT2D eigenvalue weighted by Gasteiger charge is 2.21. The molecule has 0 spiro atoms. The van der Waals surface area contributed by atoms with E-state index >= 15 is 0 Å². The second-order valence-corrected chi connectivity index (χ2v) is 12.1. The van der Waals surface area contributed by atoms with Gasteiger partial charge in [0.1, 0.15) is 5.82 Å². The number of benzene rings is 7. The van der Waals surface area contributed by atoms with Crippen LogP contribution in [0.15, 0.2) is 164 Å². The SMILES string of the molecule is c1ccc(-c2nc(-n3c4ccccc4c4c5ccc6c(nc(-c7ccccc7)n6-c6ccccc6)c5ccc43)nc3ccccc23)cc1. The van der Waals surface area contributed by atoms with E-state index in [1.165, 1.54) is 5.39 Å². The monoisotopic (exact) mass is 613 g/mol. The van der Waals surface area contributed by atoms with Gasteiger partial charge < -0.3 is 0 Å². The van der Waals surface area contributed by atoms with Crippen molar-refractivity contribution >= 4 is 54.5 Å². The van der Waals surface area contributed by atoms with E-state index in [4.69, 9.17) is 15.0 Å². The average molecular weight is 614 g/mol. The summed E-state index contributed by atoms with van der Waals surface area (Å²) < 4.78 is 4.48. The van der Waals surface area contributed by atoms with Crippen molar-refractivity contribution in [3.63, 3.8) is 0 Å². The maximum absolute atomic E-state index is 5.35. The Hall–Kier alpha value is -6.59. The molecule has 0 aliphatic carbocycles. The minimum absolute atomic E-state index is 0.652. The summed E-state index contributed by atoms with van der Waals surface area (Å²) in [5.74, 6) is 1.57. The summed E-state index contributed by atoms with van der Waals surface area (Å²) in [7, 11) is 0. The molecule has 0 N–H and O–H groups in total. The molecule has 0 amide bonds. The molecular weight excluding hydrogens is 587 g/mol. The lowest BCUT2D eigenvalue weighted by Crippen LogP contribution is -2.03. The molecule has 0 aliphatic heterocycles. The number of aromatic nitrogens is 5. The first-order valence-electron chi connectivity index (χ1n) is 16.1. The van der Waals surface area contributed by atoms with Gasteiger partial charge in [-0.2, -0.15) is 0 Å². The quantitative estimate of drug-likeness (QED) is 0.198. The first kappa shape index (κ1) is 26.6. The van der Waals surface area contributed by atoms with E-state index < -0.39 is 0 Å². The van der Waals surface area contributed by atoms with Gasteiger partial charge in [-0.3, -0.25) is 9.13 Å². The molecule has 0 aliphatic rings. The largest absolute Gasteiger partial charge is 0.292 e. The second-order valence-electron chi connectivity index (χ2n) is 12.1. The van der Waals surface area contributed by atoms with Crippen LogP contribution in [0.2, 0.25) is 0 Å². The number of fused-ring (bicyclic) bond motifs is 8. The van der Waals surface area contributed by atoms with E-state index in [2.05, 4.69) is 149 Å². The summed E-state index contributed by atoms with van der Waals surface area (Å²) in [5, 5.41) is 5.61. The van der Waals surface area contributed by atoms with E-state index in [1.807, 2.05) is 24.3 Å². The Labute approximate surface area is 276 Å². The predicted octanol–water partition coefficient (Wildman–Crippen LogP) is 10.6. The molecule has 0 bridgehead atoms. The van der Waals surface area contributed by atoms with Gasteiger partial charge >= 0.3 is 0 Å². The Morgan fingerprint density at radius 3 is 1.79 bits per heavy atom. The van der Waals surface area contributed by atoms with Crippen LogP contribution >= 0.6 is 0 Å². The van der Waals surface area contributed by atoms with E-state index in [0.717, 1.165) is 77.5 Å². The molecular formula is C43H27N5. The van der Waals surface area contributed by atoms with Gasteiger partial charge in [-0.15, -0.1) is 0 Å². The second kappa shape index (κ2) is 10.5. The molecule has 0 fully saturated rings. The third-order valence-electron chi connectivity index (χ3n) is 9.34. The van der Waals surface area contributed by atoms with Crippen molar-refractivity contribution in [3.8, 4) is 34.3 Å². The number of hydrogen-bond donors (Lipinski definition) is 0. The first-order chi connectivity index (χ1) is 23.8. The van der Waals surface area contributed by atoms with Crippen LogP contribution in [-0.2, 0) is 0 Å². The van der Waals surface area contributed by atoms with Gasteiger partial charge in [-0.1, -0.05) is 121 Å². The summed E-state index contributed by atoms with van der Waals surface area (Å²) in [5.41, 5.74) is 9.22. The van der Waals surface area contributed by atoms with Crippen LogP contribution in [0.25, 0.3) is 88.8 Å². The number of nitrogens with zero attached hydrogens (tertiary/aromatic N) is 5. The number of rotatable bonds is 4. The molecule has 0 radical (unpaired) electrons. The Kier molecular flexibility index (Phi) is 5.81. The lowest BCUT2D eigenvalue weighted by molar-refractivity contribution is 1.01. The molecule has 0 unspecified atom stereocenters. The van der Waals surface area contributed by atoms with Gasteiger partial charge in [0.05, 0.1) is 33.3 Å². The van der Waals surface area contributed by atoms with Gasteiger partial charge in [-0.25, -0.2) is 15.0 Å². The van der Waals surface area contributed by atoms with Crippen molar-refractivity contribution in [2.45, 2.75) is 0 Å². The van der Waals surface area contributed by atoms with Crippen LogP contribution in [0.3, 0.4) is 0 Å². The van der Waals surface area contributed by atoms with Crippen LogP contribution in [0.4, 0.5) is 0 Å². The van der Waals surface area contributed by atoms with Crippen molar-refractivity contribution in [3.05, 3.63) is 164 Å². The van der Waals surface area contributed by atoms with Gasteiger partial charge in [-0.05, 0) is 47.9 Å². The molecule has 0 atom stereocenters. The fourth-order valence-corrected chi connectivity index (χ4v) is 7.23. The van der Waals surface area contributed by atoms with Gasteiger partial charge in [0, 0.05) is 38.4 Å². The fraction of sp³-hybridized carbons (Fsp3) is 0. The first-order valence-corrected chi connectivity index (χ1v) is 16.1. The lowest BCUT2D eigenvalue weighted by Gasteiger charge is -2.12. The molecule has 48 heavy (non-hydrogen) atoms. The summed E-state index contributed by atoms with van der Waals surface area (Å²) in [4.78, 5) is 15.8. The van der Waals surface area contributed by atoms with Gasteiger partial charge in [0.25, 0.3) is 0 Å². The minimum atomic E-state index is 0.652. The number of imidazole rings is 1. The molecule has 5 heteroatoms. The molecule has 224 valence electrons. The summed E-state index contributed by atoms with van der Waals surface area (Å²) in [6, 6.07) is 57.0. The van der Waals surface area contributed by atoms with Crippen molar-refractivity contribution < 1.29 is 0 Å². The molecule has 0 saturated carbocycles. The maximum Gasteiger partial charge on any atom is 0.235 e.